The van der Waals surface area contributed by atoms with Crippen LogP contribution in [0.1, 0.15) is 30.6 Å². The first kappa shape index (κ1) is 14.0. The molecule has 1 amide bonds. The average molecular weight is 294 g/mol. The minimum atomic E-state index is 0.0105. The monoisotopic (exact) mass is 294 g/mol. The Kier molecular flexibility index (Phi) is 4.70. The molecule has 1 N–H and O–H groups in total. The Bertz CT molecular complexity index is 423. The van der Waals surface area contributed by atoms with Crippen molar-refractivity contribution in [3.63, 3.8) is 0 Å². The smallest absolute Gasteiger partial charge is 0.240 e. The summed E-state index contributed by atoms with van der Waals surface area (Å²) in [5, 5.41) is 5.38. The van der Waals surface area contributed by atoms with E-state index >= 15 is 0 Å². The van der Waals surface area contributed by atoms with Gasteiger partial charge in [-0.15, -0.1) is 11.3 Å². The van der Waals surface area contributed by atoms with Crippen LogP contribution in [0.3, 0.4) is 0 Å². The number of hydrogen-bond donors (Lipinski definition) is 1. The molecular weight excluding hydrogens is 272 g/mol. The third-order valence-electron chi connectivity index (χ3n) is 4.04. The second-order valence-corrected chi connectivity index (χ2v) is 6.61. The zero-order valence-corrected chi connectivity index (χ0v) is 12.5. The van der Waals surface area contributed by atoms with Crippen LogP contribution in [0.25, 0.3) is 0 Å². The fraction of sp³-hybridized carbons (Fsp3) is 0.667. The molecule has 2 atom stereocenters. The molecule has 1 aromatic rings. The first-order valence-electron chi connectivity index (χ1n) is 7.49. The lowest BCUT2D eigenvalue weighted by atomic mass is 10.1. The van der Waals surface area contributed by atoms with Crippen molar-refractivity contribution in [1.82, 2.24) is 10.2 Å². The van der Waals surface area contributed by atoms with E-state index < -0.39 is 0 Å². The van der Waals surface area contributed by atoms with Crippen LogP contribution in [0.5, 0.6) is 0 Å². The molecule has 5 heteroatoms. The SMILES string of the molecule is O=C(C1CCCN1)N(Cc1cccs1)CC1CCCO1. The molecule has 2 aliphatic rings. The van der Waals surface area contributed by atoms with E-state index in [1.54, 1.807) is 11.3 Å². The van der Waals surface area contributed by atoms with Gasteiger partial charge in [0.25, 0.3) is 0 Å². The van der Waals surface area contributed by atoms with Gasteiger partial charge in [0, 0.05) is 18.0 Å². The van der Waals surface area contributed by atoms with Gasteiger partial charge in [-0.25, -0.2) is 0 Å². The second kappa shape index (κ2) is 6.70. The predicted octanol–water partition coefficient (Wildman–Crippen LogP) is 2.01. The van der Waals surface area contributed by atoms with Crippen molar-refractivity contribution < 1.29 is 9.53 Å². The highest BCUT2D eigenvalue weighted by molar-refractivity contribution is 7.09. The summed E-state index contributed by atoms with van der Waals surface area (Å²) >= 11 is 1.71. The molecule has 110 valence electrons. The number of carbonyl (C=O) groups excluding carboxylic acids is 1. The van der Waals surface area contributed by atoms with Crippen LogP contribution < -0.4 is 5.32 Å². The maximum Gasteiger partial charge on any atom is 0.240 e. The van der Waals surface area contributed by atoms with Crippen molar-refractivity contribution in [3.8, 4) is 0 Å². The van der Waals surface area contributed by atoms with E-state index in [0.29, 0.717) is 6.54 Å². The molecule has 1 aromatic heterocycles. The number of amides is 1. The van der Waals surface area contributed by atoms with Crippen molar-refractivity contribution in [2.24, 2.45) is 0 Å². The largest absolute Gasteiger partial charge is 0.376 e. The Labute approximate surface area is 124 Å². The minimum absolute atomic E-state index is 0.0105. The van der Waals surface area contributed by atoms with Crippen molar-refractivity contribution in [3.05, 3.63) is 22.4 Å². The van der Waals surface area contributed by atoms with Crippen LogP contribution in [-0.4, -0.2) is 42.6 Å². The molecule has 2 saturated heterocycles. The Hall–Kier alpha value is -0.910. The maximum atomic E-state index is 12.7. The molecule has 2 fully saturated rings. The van der Waals surface area contributed by atoms with Gasteiger partial charge in [-0.1, -0.05) is 6.07 Å². The summed E-state index contributed by atoms with van der Waals surface area (Å²) in [5.41, 5.74) is 0. The van der Waals surface area contributed by atoms with E-state index in [2.05, 4.69) is 16.8 Å². The van der Waals surface area contributed by atoms with Crippen LogP contribution in [0.15, 0.2) is 17.5 Å². The fourth-order valence-corrected chi connectivity index (χ4v) is 3.69. The number of thiophene rings is 1. The Morgan fingerprint density at radius 3 is 3.05 bits per heavy atom. The molecule has 3 heterocycles. The van der Waals surface area contributed by atoms with Crippen LogP contribution >= 0.6 is 11.3 Å². The highest BCUT2D eigenvalue weighted by atomic mass is 32.1. The summed E-state index contributed by atoms with van der Waals surface area (Å²) in [5.74, 6) is 0.242. The van der Waals surface area contributed by atoms with Gasteiger partial charge < -0.3 is 15.0 Å². The van der Waals surface area contributed by atoms with E-state index in [9.17, 15) is 4.79 Å². The first-order chi connectivity index (χ1) is 9.83. The Balaban J connectivity index is 1.66. The predicted molar refractivity (Wildman–Crippen MR) is 79.7 cm³/mol. The number of rotatable bonds is 5. The maximum absolute atomic E-state index is 12.7. The Morgan fingerprint density at radius 1 is 1.45 bits per heavy atom. The van der Waals surface area contributed by atoms with Gasteiger partial charge in [-0.3, -0.25) is 4.79 Å². The summed E-state index contributed by atoms with van der Waals surface area (Å²) in [7, 11) is 0. The average Bonchev–Trinajstić information content (AvgIpc) is 3.20. The molecule has 4 nitrogen and oxygen atoms in total. The van der Waals surface area contributed by atoms with Crippen molar-refractivity contribution in [2.45, 2.75) is 44.4 Å². The van der Waals surface area contributed by atoms with Gasteiger partial charge in [0.05, 0.1) is 18.7 Å². The van der Waals surface area contributed by atoms with Crippen LogP contribution in [0.4, 0.5) is 0 Å². The summed E-state index contributed by atoms with van der Waals surface area (Å²) < 4.78 is 5.70. The van der Waals surface area contributed by atoms with Crippen LogP contribution in [-0.2, 0) is 16.1 Å². The van der Waals surface area contributed by atoms with Crippen LogP contribution in [0, 0.1) is 0 Å². The summed E-state index contributed by atoms with van der Waals surface area (Å²) in [6.07, 6.45) is 4.48. The summed E-state index contributed by atoms with van der Waals surface area (Å²) in [4.78, 5) is 15.9. The molecular formula is C15H22N2O2S. The Morgan fingerprint density at radius 2 is 2.40 bits per heavy atom. The molecule has 20 heavy (non-hydrogen) atoms. The van der Waals surface area contributed by atoms with Crippen molar-refractivity contribution >= 4 is 17.2 Å². The van der Waals surface area contributed by atoms with E-state index in [-0.39, 0.29) is 18.1 Å². The van der Waals surface area contributed by atoms with Crippen molar-refractivity contribution in [2.75, 3.05) is 19.7 Å². The molecule has 0 aliphatic carbocycles. The highest BCUT2D eigenvalue weighted by Crippen LogP contribution is 2.19. The molecule has 0 bridgehead atoms. The zero-order chi connectivity index (χ0) is 13.8. The first-order valence-corrected chi connectivity index (χ1v) is 8.37. The van der Waals surface area contributed by atoms with E-state index in [1.807, 2.05) is 11.0 Å². The lowest BCUT2D eigenvalue weighted by molar-refractivity contribution is -0.135. The number of ether oxygens (including phenoxy) is 1. The van der Waals surface area contributed by atoms with Gasteiger partial charge in [-0.2, -0.15) is 0 Å². The van der Waals surface area contributed by atoms with Gasteiger partial charge in [0.1, 0.15) is 0 Å². The normalized spacial score (nSPS) is 26.0. The number of hydrogen-bond acceptors (Lipinski definition) is 4. The van der Waals surface area contributed by atoms with Crippen molar-refractivity contribution in [1.29, 1.82) is 0 Å². The molecule has 0 aromatic carbocycles. The van der Waals surface area contributed by atoms with E-state index in [1.165, 1.54) is 4.88 Å². The number of nitrogens with zero attached hydrogens (tertiary/aromatic N) is 1. The number of nitrogens with one attached hydrogen (secondary N) is 1. The second-order valence-electron chi connectivity index (χ2n) is 5.58. The van der Waals surface area contributed by atoms with Gasteiger partial charge in [0.15, 0.2) is 0 Å². The molecule has 0 spiro atoms. The van der Waals surface area contributed by atoms with E-state index in [0.717, 1.165) is 45.4 Å². The zero-order valence-electron chi connectivity index (χ0n) is 11.7. The topological polar surface area (TPSA) is 41.6 Å². The van der Waals surface area contributed by atoms with Crippen LogP contribution in [0.2, 0.25) is 0 Å². The molecule has 3 rings (SSSR count). The van der Waals surface area contributed by atoms with Gasteiger partial charge in [-0.05, 0) is 43.7 Å². The lowest BCUT2D eigenvalue weighted by Gasteiger charge is -2.27. The molecule has 0 saturated carbocycles. The number of carbonyl (C=O) groups is 1. The minimum Gasteiger partial charge on any atom is -0.376 e. The third-order valence-corrected chi connectivity index (χ3v) is 4.91. The standard InChI is InChI=1S/C15H22N2O2S/c18-15(14-6-1-7-16-14)17(10-12-4-2-8-19-12)11-13-5-3-9-20-13/h3,5,9,12,14,16H,1-2,4,6-8,10-11H2. The van der Waals surface area contributed by atoms with Gasteiger partial charge in [0.2, 0.25) is 5.91 Å². The molecule has 0 radical (unpaired) electrons. The quantitative estimate of drug-likeness (QED) is 0.903. The van der Waals surface area contributed by atoms with E-state index in [4.69, 9.17) is 4.74 Å². The highest BCUT2D eigenvalue weighted by Gasteiger charge is 2.29. The van der Waals surface area contributed by atoms with Gasteiger partial charge >= 0.3 is 0 Å². The third kappa shape index (κ3) is 3.40. The summed E-state index contributed by atoms with van der Waals surface area (Å²) in [6, 6.07) is 4.15. The summed E-state index contributed by atoms with van der Waals surface area (Å²) in [6.45, 7) is 3.25. The lowest BCUT2D eigenvalue weighted by Crippen LogP contribution is -2.45. The molecule has 2 unspecified atom stereocenters. The fourth-order valence-electron chi connectivity index (χ4n) is 2.97. The molecule has 2 aliphatic heterocycles.